The summed E-state index contributed by atoms with van der Waals surface area (Å²) in [6.45, 7) is 2.25. The molecule has 7 heteroatoms. The van der Waals surface area contributed by atoms with E-state index in [0.29, 0.717) is 28.6 Å². The van der Waals surface area contributed by atoms with E-state index < -0.39 is 0 Å². The van der Waals surface area contributed by atoms with Crippen LogP contribution in [0.4, 0.5) is 17.2 Å². The van der Waals surface area contributed by atoms with Gasteiger partial charge in [-0.1, -0.05) is 101 Å². The number of hydrogen-bond acceptors (Lipinski definition) is 3. The van der Waals surface area contributed by atoms with Crippen molar-refractivity contribution in [1.82, 2.24) is 9.78 Å². The van der Waals surface area contributed by atoms with Gasteiger partial charge in [-0.2, -0.15) is 0 Å². The second-order valence-corrected chi connectivity index (χ2v) is 9.74. The van der Waals surface area contributed by atoms with E-state index in [0.717, 1.165) is 18.5 Å². The summed E-state index contributed by atoms with van der Waals surface area (Å²) in [5, 5.41) is 9.64. The lowest BCUT2D eigenvalue weighted by molar-refractivity contribution is -0.116. The number of unbranched alkanes of at least 4 members (excludes halogenated alkanes) is 10. The van der Waals surface area contributed by atoms with E-state index in [-0.39, 0.29) is 11.5 Å². The number of nitrogens with one attached hydrogen (secondary N) is 3. The molecule has 2 aromatic carbocycles. The molecule has 1 amide bonds. The highest BCUT2D eigenvalue weighted by molar-refractivity contribution is 6.33. The average Bonchev–Trinajstić information content (AvgIpc) is 3.25. The van der Waals surface area contributed by atoms with E-state index >= 15 is 0 Å². The number of benzene rings is 2. The summed E-state index contributed by atoms with van der Waals surface area (Å²) in [5.74, 6) is 0.512. The van der Waals surface area contributed by atoms with Crippen molar-refractivity contribution in [3.05, 3.63) is 70.0 Å². The van der Waals surface area contributed by atoms with Gasteiger partial charge in [0.25, 0.3) is 5.56 Å². The van der Waals surface area contributed by atoms with Crippen LogP contribution in [0.15, 0.2) is 59.4 Å². The fraction of sp³-hybridized carbons (Fsp3) is 0.448. The van der Waals surface area contributed by atoms with Crippen LogP contribution in [0.25, 0.3) is 5.69 Å². The highest BCUT2D eigenvalue weighted by atomic mass is 35.5. The van der Waals surface area contributed by atoms with Crippen molar-refractivity contribution >= 4 is 34.7 Å². The Hall–Kier alpha value is -2.99. The molecule has 6 nitrogen and oxygen atoms in total. The Morgan fingerprint density at radius 3 is 2.17 bits per heavy atom. The summed E-state index contributed by atoms with van der Waals surface area (Å²) in [6, 6.07) is 16.1. The summed E-state index contributed by atoms with van der Waals surface area (Å²) in [7, 11) is 0. The number of hydrogen-bond donors (Lipinski definition) is 3. The first-order valence-corrected chi connectivity index (χ1v) is 13.7. The van der Waals surface area contributed by atoms with Crippen molar-refractivity contribution < 1.29 is 4.79 Å². The Labute approximate surface area is 219 Å². The minimum Gasteiger partial charge on any atom is -0.339 e. The normalized spacial score (nSPS) is 10.9. The lowest BCUT2D eigenvalue weighted by Gasteiger charge is -2.11. The first kappa shape index (κ1) is 27.6. The van der Waals surface area contributed by atoms with Gasteiger partial charge in [-0.15, -0.1) is 0 Å². The lowest BCUT2D eigenvalue weighted by Crippen LogP contribution is -2.12. The molecule has 0 spiro atoms. The number of aromatic amines is 1. The number of nitrogens with zero attached hydrogens (tertiary/aromatic N) is 1. The molecule has 3 rings (SSSR count). The predicted molar refractivity (Wildman–Crippen MR) is 151 cm³/mol. The van der Waals surface area contributed by atoms with Gasteiger partial charge in [0.05, 0.1) is 16.4 Å². The van der Waals surface area contributed by atoms with E-state index in [1.807, 2.05) is 30.3 Å². The third-order valence-electron chi connectivity index (χ3n) is 6.26. The molecule has 1 aromatic heterocycles. The third-order valence-corrected chi connectivity index (χ3v) is 6.59. The van der Waals surface area contributed by atoms with E-state index in [9.17, 15) is 9.59 Å². The maximum Gasteiger partial charge on any atom is 0.273 e. The highest BCUT2D eigenvalue weighted by Gasteiger charge is 2.09. The number of amides is 1. The van der Waals surface area contributed by atoms with Gasteiger partial charge in [-0.05, 0) is 36.8 Å². The van der Waals surface area contributed by atoms with Crippen LogP contribution in [0.1, 0.15) is 84.0 Å². The zero-order valence-electron chi connectivity index (χ0n) is 21.3. The number of rotatable bonds is 16. The van der Waals surface area contributed by atoms with Crippen molar-refractivity contribution in [2.24, 2.45) is 0 Å². The molecule has 3 aromatic rings. The second-order valence-electron chi connectivity index (χ2n) is 9.33. The van der Waals surface area contributed by atoms with Crippen LogP contribution in [0.5, 0.6) is 0 Å². The molecular formula is C29H39ClN4O2. The van der Waals surface area contributed by atoms with Gasteiger partial charge < -0.3 is 10.6 Å². The number of aromatic nitrogens is 2. The fourth-order valence-electron chi connectivity index (χ4n) is 4.25. The summed E-state index contributed by atoms with van der Waals surface area (Å²) < 4.78 is 1.45. The second kappa shape index (κ2) is 15.2. The molecule has 0 aliphatic carbocycles. The number of H-pyrrole nitrogens is 1. The lowest BCUT2D eigenvalue weighted by atomic mass is 10.1. The van der Waals surface area contributed by atoms with Gasteiger partial charge in [0.2, 0.25) is 5.91 Å². The number of halogens is 1. The van der Waals surface area contributed by atoms with E-state index in [1.165, 1.54) is 68.5 Å². The van der Waals surface area contributed by atoms with Crippen LogP contribution < -0.4 is 16.2 Å². The minimum absolute atomic E-state index is 0.00262. The number of anilines is 3. The molecule has 0 aliphatic heterocycles. The maximum atomic E-state index is 12.4. The molecule has 0 radical (unpaired) electrons. The molecule has 0 bridgehead atoms. The van der Waals surface area contributed by atoms with Crippen molar-refractivity contribution in [2.75, 3.05) is 10.6 Å². The summed E-state index contributed by atoms with van der Waals surface area (Å²) in [6.07, 6.45) is 14.3. The predicted octanol–water partition coefficient (Wildman–Crippen LogP) is 8.20. The Morgan fingerprint density at radius 1 is 0.861 bits per heavy atom. The van der Waals surface area contributed by atoms with E-state index in [4.69, 9.17) is 11.6 Å². The fourth-order valence-corrected chi connectivity index (χ4v) is 4.41. The van der Waals surface area contributed by atoms with Crippen LogP contribution in [-0.2, 0) is 4.79 Å². The van der Waals surface area contributed by atoms with Gasteiger partial charge in [0.15, 0.2) is 0 Å². The monoisotopic (exact) mass is 510 g/mol. The molecule has 0 saturated carbocycles. The molecule has 0 unspecified atom stereocenters. The molecule has 0 atom stereocenters. The highest BCUT2D eigenvalue weighted by Crippen LogP contribution is 2.28. The van der Waals surface area contributed by atoms with Crippen LogP contribution in [-0.4, -0.2) is 15.7 Å². The average molecular weight is 511 g/mol. The Morgan fingerprint density at radius 2 is 1.50 bits per heavy atom. The Kier molecular flexibility index (Phi) is 11.6. The summed E-state index contributed by atoms with van der Waals surface area (Å²) in [5.41, 5.74) is 1.83. The number of carbonyl (C=O) groups is 1. The molecule has 36 heavy (non-hydrogen) atoms. The minimum atomic E-state index is -0.184. The van der Waals surface area contributed by atoms with Crippen LogP contribution >= 0.6 is 11.6 Å². The zero-order chi connectivity index (χ0) is 25.6. The number of para-hydroxylation sites is 1. The molecule has 194 valence electrons. The van der Waals surface area contributed by atoms with Gasteiger partial charge in [0.1, 0.15) is 5.82 Å². The van der Waals surface area contributed by atoms with Crippen LogP contribution in [0.2, 0.25) is 5.02 Å². The number of carbonyl (C=O) groups excluding carboxylic acids is 1. The molecule has 0 saturated heterocycles. The first-order valence-electron chi connectivity index (χ1n) is 13.3. The molecule has 3 N–H and O–H groups in total. The molecule has 0 fully saturated rings. The standard InChI is InChI=1S/C29H39ClN4O2/c1-2-3-4-5-6-7-8-9-10-11-15-18-28(35)31-23-19-20-25(30)26(21-23)32-27-22-29(36)34(33-27)24-16-13-12-14-17-24/h12-14,16-17,19-22,32-33H,2-11,15,18H2,1H3,(H,31,35). The molecule has 0 aliphatic rings. The summed E-state index contributed by atoms with van der Waals surface area (Å²) in [4.78, 5) is 24.8. The zero-order valence-corrected chi connectivity index (χ0v) is 22.1. The van der Waals surface area contributed by atoms with Gasteiger partial charge >= 0.3 is 0 Å². The summed E-state index contributed by atoms with van der Waals surface area (Å²) >= 11 is 6.36. The SMILES string of the molecule is CCCCCCCCCCCCCC(=O)Nc1ccc(Cl)c(Nc2cc(=O)n(-c3ccccc3)[nH]2)c1. The topological polar surface area (TPSA) is 78.9 Å². The van der Waals surface area contributed by atoms with Crippen molar-refractivity contribution in [3.8, 4) is 5.69 Å². The quantitative estimate of drug-likeness (QED) is 0.170. The smallest absolute Gasteiger partial charge is 0.273 e. The van der Waals surface area contributed by atoms with Crippen LogP contribution in [0.3, 0.4) is 0 Å². The van der Waals surface area contributed by atoms with Crippen molar-refractivity contribution in [1.29, 1.82) is 0 Å². The van der Waals surface area contributed by atoms with Gasteiger partial charge in [-0.3, -0.25) is 14.7 Å². The maximum absolute atomic E-state index is 12.4. The molecular weight excluding hydrogens is 472 g/mol. The Bertz CT molecular complexity index is 1120. The van der Waals surface area contributed by atoms with Crippen molar-refractivity contribution in [3.63, 3.8) is 0 Å². The van der Waals surface area contributed by atoms with Gasteiger partial charge in [0, 0.05) is 18.2 Å². The van der Waals surface area contributed by atoms with Crippen LogP contribution in [0, 0.1) is 0 Å². The largest absolute Gasteiger partial charge is 0.339 e. The Balaban J connectivity index is 1.40. The first-order chi connectivity index (χ1) is 17.6. The van der Waals surface area contributed by atoms with Crippen molar-refractivity contribution in [2.45, 2.75) is 84.0 Å². The molecule has 1 heterocycles. The van der Waals surface area contributed by atoms with Gasteiger partial charge in [-0.25, -0.2) is 4.68 Å². The third kappa shape index (κ3) is 9.23. The van der Waals surface area contributed by atoms with E-state index in [1.54, 1.807) is 18.2 Å². The van der Waals surface area contributed by atoms with E-state index in [2.05, 4.69) is 22.7 Å².